The summed E-state index contributed by atoms with van der Waals surface area (Å²) < 4.78 is 26.9. The Bertz CT molecular complexity index is 550. The zero-order valence-corrected chi connectivity index (χ0v) is 12.9. The number of nitrogens with zero attached hydrogens (tertiary/aromatic N) is 1. The standard InChI is InChI=1S/C15H23NO3S/c1-3-16(11-13-6-4-7-13)20(18,19)15-9-5-8-14(10-15)12(2)17/h5,8-10,12-13,17H,3-4,6-7,11H2,1-2H3. The molecule has 1 aliphatic carbocycles. The van der Waals surface area contributed by atoms with Crippen molar-refractivity contribution in [2.24, 2.45) is 5.92 Å². The largest absolute Gasteiger partial charge is 0.389 e. The fourth-order valence-electron chi connectivity index (χ4n) is 2.44. The molecule has 1 N–H and O–H groups in total. The highest BCUT2D eigenvalue weighted by atomic mass is 32.2. The molecule has 1 aliphatic rings. The van der Waals surface area contributed by atoms with Crippen LogP contribution in [-0.2, 0) is 10.0 Å². The third kappa shape index (κ3) is 3.22. The normalized spacial score (nSPS) is 18.0. The average Bonchev–Trinajstić information content (AvgIpc) is 2.37. The van der Waals surface area contributed by atoms with Crippen LogP contribution in [0, 0.1) is 5.92 Å². The SMILES string of the molecule is CCN(CC1CCC1)S(=O)(=O)c1cccc(C(C)O)c1. The van der Waals surface area contributed by atoms with Gasteiger partial charge in [-0.15, -0.1) is 0 Å². The summed E-state index contributed by atoms with van der Waals surface area (Å²) in [5, 5.41) is 9.59. The van der Waals surface area contributed by atoms with Crippen molar-refractivity contribution in [2.45, 2.75) is 44.1 Å². The molecule has 0 amide bonds. The first-order chi connectivity index (χ1) is 9.45. The maximum absolute atomic E-state index is 12.7. The van der Waals surface area contributed by atoms with Gasteiger partial charge in [0.1, 0.15) is 0 Å². The first kappa shape index (κ1) is 15.5. The minimum atomic E-state index is -3.46. The predicted molar refractivity (Wildman–Crippen MR) is 78.8 cm³/mol. The van der Waals surface area contributed by atoms with Crippen LogP contribution in [0.4, 0.5) is 0 Å². The fraction of sp³-hybridized carbons (Fsp3) is 0.600. The van der Waals surface area contributed by atoms with Gasteiger partial charge in [-0.25, -0.2) is 8.42 Å². The van der Waals surface area contributed by atoms with E-state index in [0.29, 0.717) is 24.6 Å². The van der Waals surface area contributed by atoms with Crippen LogP contribution in [0.2, 0.25) is 0 Å². The van der Waals surface area contributed by atoms with Gasteiger partial charge in [-0.1, -0.05) is 25.5 Å². The van der Waals surface area contributed by atoms with Gasteiger partial charge in [0.15, 0.2) is 0 Å². The third-order valence-electron chi connectivity index (χ3n) is 4.02. The molecule has 0 aliphatic heterocycles. The molecule has 0 saturated heterocycles. The van der Waals surface area contributed by atoms with E-state index in [4.69, 9.17) is 0 Å². The lowest BCUT2D eigenvalue weighted by Gasteiger charge is -2.31. The molecule has 1 atom stereocenters. The molecule has 112 valence electrons. The van der Waals surface area contributed by atoms with Gasteiger partial charge in [0, 0.05) is 13.1 Å². The van der Waals surface area contributed by atoms with E-state index in [1.807, 2.05) is 6.92 Å². The van der Waals surface area contributed by atoms with E-state index in [1.54, 1.807) is 35.5 Å². The van der Waals surface area contributed by atoms with E-state index < -0.39 is 16.1 Å². The summed E-state index contributed by atoms with van der Waals surface area (Å²) in [6, 6.07) is 6.60. The topological polar surface area (TPSA) is 57.6 Å². The Kier molecular flexibility index (Phi) is 4.83. The third-order valence-corrected chi connectivity index (χ3v) is 5.95. The van der Waals surface area contributed by atoms with Crippen molar-refractivity contribution in [1.82, 2.24) is 4.31 Å². The van der Waals surface area contributed by atoms with Gasteiger partial charge >= 0.3 is 0 Å². The van der Waals surface area contributed by atoms with Crippen LogP contribution >= 0.6 is 0 Å². The van der Waals surface area contributed by atoms with Crippen molar-refractivity contribution < 1.29 is 13.5 Å². The maximum Gasteiger partial charge on any atom is 0.243 e. The number of hydrogen-bond acceptors (Lipinski definition) is 3. The number of hydrogen-bond donors (Lipinski definition) is 1. The number of benzene rings is 1. The quantitative estimate of drug-likeness (QED) is 0.878. The van der Waals surface area contributed by atoms with Crippen LogP contribution in [-0.4, -0.2) is 30.9 Å². The molecule has 0 radical (unpaired) electrons. The predicted octanol–water partition coefficient (Wildman–Crippen LogP) is 2.55. The lowest BCUT2D eigenvalue weighted by Crippen LogP contribution is -2.37. The Labute approximate surface area is 121 Å². The summed E-state index contributed by atoms with van der Waals surface area (Å²) in [5.41, 5.74) is 0.630. The highest BCUT2D eigenvalue weighted by molar-refractivity contribution is 7.89. The van der Waals surface area contributed by atoms with Gasteiger partial charge in [-0.3, -0.25) is 0 Å². The van der Waals surface area contributed by atoms with Crippen molar-refractivity contribution in [1.29, 1.82) is 0 Å². The maximum atomic E-state index is 12.7. The lowest BCUT2D eigenvalue weighted by molar-refractivity contribution is 0.199. The smallest absolute Gasteiger partial charge is 0.243 e. The average molecular weight is 297 g/mol. The Morgan fingerprint density at radius 3 is 2.60 bits per heavy atom. The monoisotopic (exact) mass is 297 g/mol. The summed E-state index contributed by atoms with van der Waals surface area (Å²) >= 11 is 0. The Balaban J connectivity index is 2.24. The summed E-state index contributed by atoms with van der Waals surface area (Å²) in [5.74, 6) is 0.504. The zero-order valence-electron chi connectivity index (χ0n) is 12.1. The van der Waals surface area contributed by atoms with Crippen molar-refractivity contribution in [3.05, 3.63) is 29.8 Å². The van der Waals surface area contributed by atoms with Gasteiger partial charge < -0.3 is 5.11 Å². The van der Waals surface area contributed by atoms with Crippen molar-refractivity contribution in [3.63, 3.8) is 0 Å². The first-order valence-electron chi connectivity index (χ1n) is 7.23. The highest BCUT2D eigenvalue weighted by Gasteiger charge is 2.28. The molecule has 1 fully saturated rings. The van der Waals surface area contributed by atoms with Gasteiger partial charge in [-0.05, 0) is 43.4 Å². The molecule has 1 unspecified atom stereocenters. The molecular formula is C15H23NO3S. The molecule has 1 saturated carbocycles. The molecule has 2 rings (SSSR count). The second-order valence-corrected chi connectivity index (χ2v) is 7.44. The van der Waals surface area contributed by atoms with E-state index in [2.05, 4.69) is 0 Å². The zero-order chi connectivity index (χ0) is 14.8. The molecule has 0 bridgehead atoms. The minimum Gasteiger partial charge on any atom is -0.389 e. The number of aliphatic hydroxyl groups excluding tert-OH is 1. The van der Waals surface area contributed by atoms with Crippen molar-refractivity contribution in [3.8, 4) is 0 Å². The molecule has 20 heavy (non-hydrogen) atoms. The molecule has 0 spiro atoms. The van der Waals surface area contributed by atoms with Gasteiger partial charge in [-0.2, -0.15) is 4.31 Å². The molecule has 1 aromatic carbocycles. The van der Waals surface area contributed by atoms with E-state index in [0.717, 1.165) is 12.8 Å². The molecule has 5 heteroatoms. The minimum absolute atomic E-state index is 0.275. The highest BCUT2D eigenvalue weighted by Crippen LogP contribution is 2.29. The van der Waals surface area contributed by atoms with Crippen LogP contribution < -0.4 is 0 Å². The van der Waals surface area contributed by atoms with E-state index in [9.17, 15) is 13.5 Å². The van der Waals surface area contributed by atoms with Crippen LogP contribution in [0.1, 0.15) is 44.8 Å². The fourth-order valence-corrected chi connectivity index (χ4v) is 4.03. The molecule has 0 aromatic heterocycles. The van der Waals surface area contributed by atoms with Crippen molar-refractivity contribution in [2.75, 3.05) is 13.1 Å². The molecule has 4 nitrogen and oxygen atoms in total. The number of aliphatic hydroxyl groups is 1. The first-order valence-corrected chi connectivity index (χ1v) is 8.67. The summed E-state index contributed by atoms with van der Waals surface area (Å²) in [6.07, 6.45) is 2.80. The Morgan fingerprint density at radius 2 is 2.10 bits per heavy atom. The summed E-state index contributed by atoms with van der Waals surface area (Å²) in [4.78, 5) is 0.275. The van der Waals surface area contributed by atoms with Crippen molar-refractivity contribution >= 4 is 10.0 Å². The molecule has 0 heterocycles. The van der Waals surface area contributed by atoms with Gasteiger partial charge in [0.05, 0.1) is 11.0 Å². The van der Waals surface area contributed by atoms with Crippen LogP contribution in [0.15, 0.2) is 29.2 Å². The van der Waals surface area contributed by atoms with E-state index in [-0.39, 0.29) is 4.90 Å². The van der Waals surface area contributed by atoms with Crippen LogP contribution in [0.25, 0.3) is 0 Å². The Hall–Kier alpha value is -0.910. The lowest BCUT2D eigenvalue weighted by atomic mass is 9.85. The summed E-state index contributed by atoms with van der Waals surface area (Å²) in [6.45, 7) is 4.60. The number of sulfonamides is 1. The molecule has 1 aromatic rings. The van der Waals surface area contributed by atoms with E-state index in [1.165, 1.54) is 6.42 Å². The van der Waals surface area contributed by atoms with E-state index >= 15 is 0 Å². The van der Waals surface area contributed by atoms with Gasteiger partial charge in [0.2, 0.25) is 10.0 Å². The summed E-state index contributed by atoms with van der Waals surface area (Å²) in [7, 11) is -3.46. The van der Waals surface area contributed by atoms with Gasteiger partial charge in [0.25, 0.3) is 0 Å². The van der Waals surface area contributed by atoms with Crippen LogP contribution in [0.5, 0.6) is 0 Å². The second kappa shape index (κ2) is 6.24. The number of rotatable bonds is 6. The molecular weight excluding hydrogens is 274 g/mol. The second-order valence-electron chi connectivity index (χ2n) is 5.50. The Morgan fingerprint density at radius 1 is 1.40 bits per heavy atom. The van der Waals surface area contributed by atoms with Crippen LogP contribution in [0.3, 0.4) is 0 Å².